The van der Waals surface area contributed by atoms with Gasteiger partial charge in [-0.2, -0.15) is 0 Å². The van der Waals surface area contributed by atoms with Crippen molar-refractivity contribution in [1.29, 1.82) is 0 Å². The summed E-state index contributed by atoms with van der Waals surface area (Å²) >= 11 is 0. The lowest BCUT2D eigenvalue weighted by molar-refractivity contribution is 0.129. The highest BCUT2D eigenvalue weighted by atomic mass is 16.2. The van der Waals surface area contributed by atoms with Crippen molar-refractivity contribution in [2.75, 3.05) is 19.6 Å². The van der Waals surface area contributed by atoms with Crippen molar-refractivity contribution < 1.29 is 4.79 Å². The minimum absolute atomic E-state index is 0.128. The quantitative estimate of drug-likeness (QED) is 0.744. The van der Waals surface area contributed by atoms with E-state index in [-0.39, 0.29) is 11.4 Å². The number of hydrogen-bond donors (Lipinski definition) is 2. The van der Waals surface area contributed by atoms with Crippen molar-refractivity contribution in [2.45, 2.75) is 45.1 Å². The average molecular weight is 225 g/mol. The monoisotopic (exact) mass is 225 g/mol. The first kappa shape index (κ1) is 11.7. The molecule has 0 aromatic rings. The van der Waals surface area contributed by atoms with Gasteiger partial charge in [-0.1, -0.05) is 6.92 Å². The van der Waals surface area contributed by atoms with Crippen LogP contribution >= 0.6 is 0 Å². The van der Waals surface area contributed by atoms with Gasteiger partial charge in [0.1, 0.15) is 0 Å². The largest absolute Gasteiger partial charge is 0.335 e. The van der Waals surface area contributed by atoms with Gasteiger partial charge in [0, 0.05) is 19.1 Å². The lowest BCUT2D eigenvalue weighted by Gasteiger charge is -2.39. The van der Waals surface area contributed by atoms with Crippen LogP contribution < -0.4 is 11.1 Å². The molecule has 0 aromatic carbocycles. The van der Waals surface area contributed by atoms with Crippen LogP contribution in [0.3, 0.4) is 0 Å². The van der Waals surface area contributed by atoms with Gasteiger partial charge in [-0.3, -0.25) is 0 Å². The molecule has 2 amide bonds. The van der Waals surface area contributed by atoms with Crippen LogP contribution in [0, 0.1) is 5.41 Å². The number of carbonyl (C=O) groups is 1. The van der Waals surface area contributed by atoms with Crippen LogP contribution in [-0.4, -0.2) is 36.6 Å². The van der Waals surface area contributed by atoms with Crippen LogP contribution in [0.4, 0.5) is 4.79 Å². The van der Waals surface area contributed by atoms with Crippen LogP contribution in [0.1, 0.15) is 39.0 Å². The molecule has 3 N–H and O–H groups in total. The summed E-state index contributed by atoms with van der Waals surface area (Å²) in [6.07, 6.45) is 5.62. The van der Waals surface area contributed by atoms with Gasteiger partial charge in [0.05, 0.1) is 0 Å². The Morgan fingerprint density at radius 1 is 1.44 bits per heavy atom. The van der Waals surface area contributed by atoms with E-state index < -0.39 is 0 Å². The summed E-state index contributed by atoms with van der Waals surface area (Å²) in [4.78, 5) is 13.8. The van der Waals surface area contributed by atoms with Crippen molar-refractivity contribution in [2.24, 2.45) is 11.1 Å². The molecule has 0 bridgehead atoms. The Hall–Kier alpha value is -0.770. The van der Waals surface area contributed by atoms with Gasteiger partial charge in [0.15, 0.2) is 0 Å². The van der Waals surface area contributed by atoms with E-state index >= 15 is 0 Å². The highest BCUT2D eigenvalue weighted by Crippen LogP contribution is 2.29. The number of likely N-dealkylation sites (tertiary alicyclic amines) is 1. The Kier molecular flexibility index (Phi) is 3.38. The molecule has 1 aliphatic carbocycles. The van der Waals surface area contributed by atoms with E-state index in [9.17, 15) is 4.79 Å². The maximum absolute atomic E-state index is 11.9. The maximum Gasteiger partial charge on any atom is 0.317 e. The second-order valence-electron chi connectivity index (χ2n) is 5.58. The fourth-order valence-electron chi connectivity index (χ4n) is 2.27. The number of amides is 2. The average Bonchev–Trinajstić information content (AvgIpc) is 2.24. The van der Waals surface area contributed by atoms with Gasteiger partial charge in [-0.15, -0.1) is 0 Å². The predicted octanol–water partition coefficient (Wildman–Crippen LogP) is 1.31. The fourth-order valence-corrected chi connectivity index (χ4v) is 2.27. The first-order valence-electron chi connectivity index (χ1n) is 6.38. The molecule has 2 aliphatic rings. The summed E-state index contributed by atoms with van der Waals surface area (Å²) in [6.45, 7) is 4.65. The van der Waals surface area contributed by atoms with Crippen molar-refractivity contribution in [3.05, 3.63) is 0 Å². The summed E-state index contributed by atoms with van der Waals surface area (Å²) in [5.41, 5.74) is 5.99. The van der Waals surface area contributed by atoms with Gasteiger partial charge in [-0.05, 0) is 44.1 Å². The minimum Gasteiger partial charge on any atom is -0.335 e. The molecule has 4 nitrogen and oxygen atoms in total. The van der Waals surface area contributed by atoms with Gasteiger partial charge in [0.25, 0.3) is 0 Å². The van der Waals surface area contributed by atoms with E-state index in [0.29, 0.717) is 6.04 Å². The predicted molar refractivity (Wildman–Crippen MR) is 64.1 cm³/mol. The fraction of sp³-hybridized carbons (Fsp3) is 0.917. The van der Waals surface area contributed by atoms with E-state index in [1.165, 1.54) is 6.42 Å². The number of hydrogen-bond acceptors (Lipinski definition) is 2. The molecule has 2 fully saturated rings. The summed E-state index contributed by atoms with van der Waals surface area (Å²) in [6, 6.07) is 0.569. The van der Waals surface area contributed by atoms with Gasteiger partial charge < -0.3 is 16.0 Å². The van der Waals surface area contributed by atoms with Crippen molar-refractivity contribution in [3.63, 3.8) is 0 Å². The summed E-state index contributed by atoms with van der Waals surface area (Å²) < 4.78 is 0. The number of nitrogens with one attached hydrogen (secondary N) is 1. The molecule has 0 radical (unpaired) electrons. The molecule has 4 heteroatoms. The lowest BCUT2D eigenvalue weighted by Crippen LogP contribution is -2.51. The molecule has 2 rings (SSSR count). The second kappa shape index (κ2) is 4.62. The Bertz CT molecular complexity index is 255. The number of piperidine rings is 1. The second-order valence-corrected chi connectivity index (χ2v) is 5.58. The standard InChI is InChI=1S/C12H23N3O/c1-12(9-13)5-7-15(8-6-12)11(16)14-10-3-2-4-10/h10H,2-9,13H2,1H3,(H,14,16). The van der Waals surface area contributed by atoms with Gasteiger partial charge in [0.2, 0.25) is 0 Å². The Balaban J connectivity index is 1.77. The van der Waals surface area contributed by atoms with E-state index in [1.54, 1.807) is 0 Å². The molecular formula is C12H23N3O. The maximum atomic E-state index is 11.9. The third-order valence-electron chi connectivity index (χ3n) is 4.18. The summed E-state index contributed by atoms with van der Waals surface area (Å²) in [5.74, 6) is 0. The third kappa shape index (κ3) is 2.48. The van der Waals surface area contributed by atoms with Crippen LogP contribution in [0.5, 0.6) is 0 Å². The van der Waals surface area contributed by atoms with Gasteiger partial charge in [-0.25, -0.2) is 4.79 Å². The highest BCUT2D eigenvalue weighted by Gasteiger charge is 2.31. The van der Waals surface area contributed by atoms with E-state index in [1.807, 2.05) is 4.90 Å². The van der Waals surface area contributed by atoms with Crippen LogP contribution in [-0.2, 0) is 0 Å². The van der Waals surface area contributed by atoms with Crippen LogP contribution in [0.2, 0.25) is 0 Å². The molecule has 0 aromatic heterocycles. The molecule has 0 atom stereocenters. The molecular weight excluding hydrogens is 202 g/mol. The molecule has 16 heavy (non-hydrogen) atoms. The van der Waals surface area contributed by atoms with Crippen molar-refractivity contribution in [3.8, 4) is 0 Å². The van der Waals surface area contributed by atoms with Crippen molar-refractivity contribution in [1.82, 2.24) is 10.2 Å². The van der Waals surface area contributed by atoms with Crippen LogP contribution in [0.15, 0.2) is 0 Å². The highest BCUT2D eigenvalue weighted by molar-refractivity contribution is 5.74. The molecule has 1 heterocycles. The zero-order valence-corrected chi connectivity index (χ0v) is 10.2. The number of urea groups is 1. The first-order valence-corrected chi connectivity index (χ1v) is 6.38. The van der Waals surface area contributed by atoms with Gasteiger partial charge >= 0.3 is 6.03 Å². The zero-order chi connectivity index (χ0) is 11.6. The molecule has 1 saturated carbocycles. The minimum atomic E-state index is 0.128. The lowest BCUT2D eigenvalue weighted by atomic mass is 9.80. The topological polar surface area (TPSA) is 58.4 Å². The third-order valence-corrected chi connectivity index (χ3v) is 4.18. The van der Waals surface area contributed by atoms with Crippen LogP contribution in [0.25, 0.3) is 0 Å². The summed E-state index contributed by atoms with van der Waals surface area (Å²) in [5, 5.41) is 3.09. The molecule has 0 unspecified atom stereocenters. The molecule has 1 saturated heterocycles. The van der Waals surface area contributed by atoms with E-state index in [2.05, 4.69) is 12.2 Å². The summed E-state index contributed by atoms with van der Waals surface area (Å²) in [7, 11) is 0. The SMILES string of the molecule is CC1(CN)CCN(C(=O)NC2CCC2)CC1. The molecule has 92 valence electrons. The zero-order valence-electron chi connectivity index (χ0n) is 10.2. The Morgan fingerprint density at radius 2 is 2.06 bits per heavy atom. The first-order chi connectivity index (χ1) is 7.63. The smallest absolute Gasteiger partial charge is 0.317 e. The number of nitrogens with two attached hydrogens (primary N) is 1. The Labute approximate surface area is 97.6 Å². The molecule has 1 aliphatic heterocycles. The normalized spacial score (nSPS) is 25.0. The number of carbonyl (C=O) groups excluding carboxylic acids is 1. The molecule has 0 spiro atoms. The van der Waals surface area contributed by atoms with E-state index in [4.69, 9.17) is 5.73 Å². The Morgan fingerprint density at radius 3 is 2.50 bits per heavy atom. The van der Waals surface area contributed by atoms with Crippen molar-refractivity contribution >= 4 is 6.03 Å². The number of nitrogens with zero attached hydrogens (tertiary/aromatic N) is 1. The van der Waals surface area contributed by atoms with E-state index in [0.717, 1.165) is 45.3 Å². The number of rotatable bonds is 2.